The molecular weight excluding hydrogens is 284 g/mol. The third kappa shape index (κ3) is 3.14. The molecule has 2 unspecified atom stereocenters. The molecule has 0 heterocycles. The highest BCUT2D eigenvalue weighted by Gasteiger charge is 2.14. The molecule has 0 bridgehead atoms. The molecule has 0 nitrogen and oxygen atoms in total. The Kier molecular flexibility index (Phi) is 4.82. The third-order valence-electron chi connectivity index (χ3n) is 3.66. The van der Waals surface area contributed by atoms with Crippen LogP contribution in [0.15, 0.2) is 42.5 Å². The van der Waals surface area contributed by atoms with Crippen LogP contribution in [0.2, 0.25) is 0 Å². The first-order chi connectivity index (χ1) is 8.72. The van der Waals surface area contributed by atoms with Crippen molar-refractivity contribution in [3.05, 3.63) is 48.0 Å². The van der Waals surface area contributed by atoms with Gasteiger partial charge in [0.2, 0.25) is 0 Å². The van der Waals surface area contributed by atoms with Gasteiger partial charge in [0.15, 0.2) is 0 Å². The van der Waals surface area contributed by atoms with E-state index >= 15 is 0 Å². The summed E-state index contributed by atoms with van der Waals surface area (Å²) in [4.78, 5) is 0.572. The summed E-state index contributed by atoms with van der Waals surface area (Å²) in [5.74, 6) is 0.731. The fourth-order valence-corrected chi connectivity index (χ4v) is 3.13. The molecule has 0 aliphatic rings. The summed E-state index contributed by atoms with van der Waals surface area (Å²) in [5, 5.41) is 2.74. The van der Waals surface area contributed by atoms with Gasteiger partial charge in [0.05, 0.1) is 0 Å². The van der Waals surface area contributed by atoms with Crippen LogP contribution in [0.5, 0.6) is 0 Å². The lowest BCUT2D eigenvalue weighted by Gasteiger charge is -2.18. The monoisotopic (exact) mass is 304 g/mol. The molecular formula is C17H21Br. The Morgan fingerprint density at radius 2 is 1.78 bits per heavy atom. The molecule has 2 aromatic carbocycles. The van der Waals surface area contributed by atoms with Crippen LogP contribution < -0.4 is 0 Å². The fourth-order valence-electron chi connectivity index (χ4n) is 2.52. The summed E-state index contributed by atoms with van der Waals surface area (Å²) in [7, 11) is 0. The molecule has 96 valence electrons. The van der Waals surface area contributed by atoms with Crippen LogP contribution >= 0.6 is 15.9 Å². The molecule has 2 atom stereocenters. The van der Waals surface area contributed by atoms with E-state index in [0.717, 1.165) is 12.3 Å². The van der Waals surface area contributed by atoms with Crippen LogP contribution in [0.4, 0.5) is 0 Å². The smallest absolute Gasteiger partial charge is 0.0212 e. The van der Waals surface area contributed by atoms with Gasteiger partial charge in [0, 0.05) is 4.83 Å². The molecule has 2 aromatic rings. The van der Waals surface area contributed by atoms with Gasteiger partial charge >= 0.3 is 0 Å². The molecule has 0 radical (unpaired) electrons. The maximum Gasteiger partial charge on any atom is 0.0212 e. The number of benzene rings is 2. The van der Waals surface area contributed by atoms with E-state index in [9.17, 15) is 0 Å². The average molecular weight is 305 g/mol. The number of hydrogen-bond donors (Lipinski definition) is 0. The van der Waals surface area contributed by atoms with E-state index in [1.807, 2.05) is 0 Å². The van der Waals surface area contributed by atoms with Crippen molar-refractivity contribution in [2.24, 2.45) is 5.92 Å². The highest BCUT2D eigenvalue weighted by atomic mass is 79.9. The van der Waals surface area contributed by atoms with Crippen molar-refractivity contribution in [2.45, 2.75) is 37.9 Å². The maximum atomic E-state index is 3.87. The summed E-state index contributed by atoms with van der Waals surface area (Å²) >= 11 is 3.87. The summed E-state index contributed by atoms with van der Waals surface area (Å²) in [6.45, 7) is 4.60. The first-order valence-corrected chi connectivity index (χ1v) is 7.74. The predicted molar refractivity (Wildman–Crippen MR) is 84.4 cm³/mol. The summed E-state index contributed by atoms with van der Waals surface area (Å²) in [6, 6.07) is 15.3. The number of fused-ring (bicyclic) bond motifs is 1. The Morgan fingerprint density at radius 3 is 2.56 bits per heavy atom. The Balaban J connectivity index is 2.21. The van der Waals surface area contributed by atoms with Gasteiger partial charge in [0.25, 0.3) is 0 Å². The summed E-state index contributed by atoms with van der Waals surface area (Å²) < 4.78 is 0. The SMILES string of the molecule is CCCC(C)C(Br)Cc1cccc2ccccc12. The van der Waals surface area contributed by atoms with Gasteiger partial charge in [-0.1, -0.05) is 78.7 Å². The Morgan fingerprint density at radius 1 is 1.06 bits per heavy atom. The zero-order valence-electron chi connectivity index (χ0n) is 11.2. The van der Waals surface area contributed by atoms with Crippen LogP contribution in [-0.2, 0) is 6.42 Å². The van der Waals surface area contributed by atoms with Crippen molar-refractivity contribution >= 4 is 26.7 Å². The number of rotatable bonds is 5. The first kappa shape index (κ1) is 13.6. The molecule has 0 amide bonds. The molecule has 2 rings (SSSR count). The molecule has 0 fully saturated rings. The number of alkyl halides is 1. The quantitative estimate of drug-likeness (QED) is 0.632. The van der Waals surface area contributed by atoms with Gasteiger partial charge in [-0.15, -0.1) is 0 Å². The van der Waals surface area contributed by atoms with E-state index in [2.05, 4.69) is 72.2 Å². The molecule has 0 saturated heterocycles. The van der Waals surface area contributed by atoms with Gasteiger partial charge in [-0.2, -0.15) is 0 Å². The van der Waals surface area contributed by atoms with Crippen LogP contribution in [0.1, 0.15) is 32.3 Å². The Bertz CT molecular complexity index is 498. The average Bonchev–Trinajstić information content (AvgIpc) is 2.39. The summed E-state index contributed by atoms with van der Waals surface area (Å²) in [6.07, 6.45) is 3.67. The fraction of sp³-hybridized carbons (Fsp3) is 0.412. The molecule has 18 heavy (non-hydrogen) atoms. The second kappa shape index (κ2) is 6.38. The van der Waals surface area contributed by atoms with E-state index in [0.29, 0.717) is 4.83 Å². The van der Waals surface area contributed by atoms with Gasteiger partial charge in [-0.3, -0.25) is 0 Å². The van der Waals surface area contributed by atoms with Crippen LogP contribution in [0.3, 0.4) is 0 Å². The van der Waals surface area contributed by atoms with Crippen molar-refractivity contribution < 1.29 is 0 Å². The van der Waals surface area contributed by atoms with Crippen molar-refractivity contribution in [2.75, 3.05) is 0 Å². The predicted octanol–water partition coefficient (Wildman–Crippen LogP) is 5.58. The molecule has 0 aliphatic carbocycles. The molecule has 0 N–H and O–H groups in total. The zero-order chi connectivity index (χ0) is 13.0. The van der Waals surface area contributed by atoms with Crippen molar-refractivity contribution in [1.29, 1.82) is 0 Å². The maximum absolute atomic E-state index is 3.87. The number of hydrogen-bond acceptors (Lipinski definition) is 0. The molecule has 0 aliphatic heterocycles. The topological polar surface area (TPSA) is 0 Å². The van der Waals surface area contributed by atoms with Crippen LogP contribution in [0.25, 0.3) is 10.8 Å². The molecule has 0 aromatic heterocycles. The van der Waals surface area contributed by atoms with Gasteiger partial charge in [-0.05, 0) is 35.1 Å². The van der Waals surface area contributed by atoms with E-state index < -0.39 is 0 Å². The van der Waals surface area contributed by atoms with E-state index in [4.69, 9.17) is 0 Å². The van der Waals surface area contributed by atoms with Gasteiger partial charge < -0.3 is 0 Å². The second-order valence-corrected chi connectivity index (χ2v) is 6.30. The minimum absolute atomic E-state index is 0.572. The van der Waals surface area contributed by atoms with Crippen molar-refractivity contribution in [3.63, 3.8) is 0 Å². The molecule has 1 heteroatoms. The third-order valence-corrected chi connectivity index (χ3v) is 4.88. The van der Waals surface area contributed by atoms with Gasteiger partial charge in [-0.25, -0.2) is 0 Å². The Hall–Kier alpha value is -0.820. The first-order valence-electron chi connectivity index (χ1n) is 6.83. The second-order valence-electron chi connectivity index (χ2n) is 5.12. The minimum Gasteiger partial charge on any atom is -0.0884 e. The zero-order valence-corrected chi connectivity index (χ0v) is 12.8. The summed E-state index contributed by atoms with van der Waals surface area (Å²) in [5.41, 5.74) is 1.46. The Labute approximate surface area is 119 Å². The highest BCUT2D eigenvalue weighted by Crippen LogP contribution is 2.26. The van der Waals surface area contributed by atoms with Crippen LogP contribution in [0, 0.1) is 5.92 Å². The van der Waals surface area contributed by atoms with Crippen molar-refractivity contribution in [1.82, 2.24) is 0 Å². The van der Waals surface area contributed by atoms with E-state index in [1.165, 1.54) is 29.2 Å². The largest absolute Gasteiger partial charge is 0.0884 e. The lowest BCUT2D eigenvalue weighted by atomic mass is 9.94. The molecule has 0 saturated carbocycles. The minimum atomic E-state index is 0.572. The standard InChI is InChI=1S/C17H21Br/c1-3-7-13(2)17(18)12-15-10-6-9-14-8-4-5-11-16(14)15/h4-6,8-11,13,17H,3,7,12H2,1-2H3. The van der Waals surface area contributed by atoms with E-state index in [1.54, 1.807) is 0 Å². The lowest BCUT2D eigenvalue weighted by Crippen LogP contribution is -2.13. The van der Waals surface area contributed by atoms with Crippen LogP contribution in [-0.4, -0.2) is 4.83 Å². The lowest BCUT2D eigenvalue weighted by molar-refractivity contribution is 0.506. The van der Waals surface area contributed by atoms with Crippen molar-refractivity contribution in [3.8, 4) is 0 Å². The normalized spacial score (nSPS) is 14.6. The number of halogens is 1. The molecule has 0 spiro atoms. The highest BCUT2D eigenvalue weighted by molar-refractivity contribution is 9.09. The van der Waals surface area contributed by atoms with Gasteiger partial charge in [0.1, 0.15) is 0 Å². The van der Waals surface area contributed by atoms with E-state index in [-0.39, 0.29) is 0 Å².